The summed E-state index contributed by atoms with van der Waals surface area (Å²) in [6.45, 7) is 4.12. The number of hydrogen-bond donors (Lipinski definition) is 1. The molecule has 0 spiro atoms. The van der Waals surface area contributed by atoms with Crippen LogP contribution in [0.1, 0.15) is 29.8 Å². The average molecular weight is 341 g/mol. The molecule has 1 unspecified atom stereocenters. The molecule has 5 heteroatoms. The number of benzene rings is 2. The second-order valence-electron chi connectivity index (χ2n) is 6.02. The van der Waals surface area contributed by atoms with Crippen molar-refractivity contribution in [2.75, 3.05) is 7.11 Å². The Morgan fingerprint density at radius 1 is 1.04 bits per heavy atom. The zero-order valence-electron chi connectivity index (χ0n) is 14.7. The number of hydrogen-bond acceptors (Lipinski definition) is 4. The molecule has 1 N–H and O–H groups in total. The maximum Gasteiger partial charge on any atom is 0.328 e. The van der Waals surface area contributed by atoms with E-state index in [1.165, 1.54) is 7.11 Å². The summed E-state index contributed by atoms with van der Waals surface area (Å²) in [5.74, 6) is -0.279. The van der Waals surface area contributed by atoms with Gasteiger partial charge in [0.25, 0.3) is 5.91 Å². The van der Waals surface area contributed by atoms with Crippen molar-refractivity contribution in [3.63, 3.8) is 0 Å². The number of ether oxygens (including phenoxy) is 2. The van der Waals surface area contributed by atoms with E-state index in [0.29, 0.717) is 17.9 Å². The summed E-state index contributed by atoms with van der Waals surface area (Å²) in [6.07, 6.45) is 0. The van der Waals surface area contributed by atoms with Crippen molar-refractivity contribution < 1.29 is 19.1 Å². The van der Waals surface area contributed by atoms with Gasteiger partial charge in [-0.3, -0.25) is 4.79 Å². The molecule has 0 saturated heterocycles. The molecule has 2 aromatic carbocycles. The highest BCUT2D eigenvalue weighted by molar-refractivity contribution is 5.97. The van der Waals surface area contributed by atoms with E-state index in [1.807, 2.05) is 44.2 Å². The Balaban J connectivity index is 2.04. The molecule has 0 bridgehead atoms. The molecule has 0 saturated carbocycles. The highest BCUT2D eigenvalue weighted by Gasteiger charge is 2.25. The van der Waals surface area contributed by atoms with E-state index in [0.717, 1.165) is 5.56 Å². The number of esters is 1. The molecule has 5 nitrogen and oxygen atoms in total. The molecule has 2 rings (SSSR count). The Labute approximate surface area is 148 Å². The maximum atomic E-state index is 12.4. The number of carbonyl (C=O) groups excluding carboxylic acids is 2. The van der Waals surface area contributed by atoms with Gasteiger partial charge in [-0.1, -0.05) is 50.2 Å². The minimum atomic E-state index is -0.689. The van der Waals surface area contributed by atoms with Crippen molar-refractivity contribution in [3.05, 3.63) is 65.7 Å². The van der Waals surface area contributed by atoms with Crippen LogP contribution in [0.3, 0.4) is 0 Å². The normalized spacial score (nSPS) is 11.7. The van der Waals surface area contributed by atoms with Crippen LogP contribution in [0.25, 0.3) is 0 Å². The topological polar surface area (TPSA) is 64.6 Å². The van der Waals surface area contributed by atoms with E-state index < -0.39 is 12.0 Å². The number of carbonyl (C=O) groups is 2. The summed E-state index contributed by atoms with van der Waals surface area (Å²) >= 11 is 0. The summed E-state index contributed by atoms with van der Waals surface area (Å²) in [6, 6.07) is 16.0. The lowest BCUT2D eigenvalue weighted by atomic mass is 10.0. The van der Waals surface area contributed by atoms with E-state index in [2.05, 4.69) is 5.32 Å². The molecule has 0 aliphatic heterocycles. The summed E-state index contributed by atoms with van der Waals surface area (Å²) in [5.41, 5.74) is 1.48. The van der Waals surface area contributed by atoms with Crippen LogP contribution in [0.2, 0.25) is 0 Å². The minimum Gasteiger partial charge on any atom is -0.489 e. The number of amides is 1. The first-order valence-electron chi connectivity index (χ1n) is 8.16. The van der Waals surface area contributed by atoms with Gasteiger partial charge in [0.05, 0.1) is 7.11 Å². The quantitative estimate of drug-likeness (QED) is 0.786. The van der Waals surface area contributed by atoms with Crippen LogP contribution in [-0.2, 0) is 16.1 Å². The fourth-order valence-corrected chi connectivity index (χ4v) is 2.32. The fourth-order valence-electron chi connectivity index (χ4n) is 2.32. The van der Waals surface area contributed by atoms with Gasteiger partial charge in [-0.25, -0.2) is 4.79 Å². The van der Waals surface area contributed by atoms with Gasteiger partial charge in [-0.2, -0.15) is 0 Å². The number of methoxy groups -OCH3 is 1. The second kappa shape index (κ2) is 8.87. The molecule has 25 heavy (non-hydrogen) atoms. The van der Waals surface area contributed by atoms with Gasteiger partial charge in [0.15, 0.2) is 0 Å². The Kier molecular flexibility index (Phi) is 6.57. The molecule has 1 atom stereocenters. The van der Waals surface area contributed by atoms with Gasteiger partial charge in [0.2, 0.25) is 0 Å². The highest BCUT2D eigenvalue weighted by Crippen LogP contribution is 2.16. The molecule has 0 radical (unpaired) electrons. The van der Waals surface area contributed by atoms with Gasteiger partial charge in [-0.15, -0.1) is 0 Å². The summed E-state index contributed by atoms with van der Waals surface area (Å²) in [4.78, 5) is 24.2. The number of nitrogens with one attached hydrogen (secondary N) is 1. The molecule has 132 valence electrons. The molecule has 0 heterocycles. The zero-order valence-corrected chi connectivity index (χ0v) is 14.7. The van der Waals surface area contributed by atoms with Crippen molar-refractivity contribution >= 4 is 11.9 Å². The SMILES string of the molecule is COC(=O)C(NC(=O)c1cccc(OCc2ccccc2)c1)C(C)C. The van der Waals surface area contributed by atoms with Gasteiger partial charge in [0.1, 0.15) is 18.4 Å². The van der Waals surface area contributed by atoms with Crippen molar-refractivity contribution in [2.24, 2.45) is 5.92 Å². The Hall–Kier alpha value is -2.82. The summed E-state index contributed by atoms with van der Waals surface area (Å²) < 4.78 is 10.5. The molecule has 0 fully saturated rings. The minimum absolute atomic E-state index is 0.0751. The summed E-state index contributed by atoms with van der Waals surface area (Å²) in [7, 11) is 1.31. The third-order valence-corrected chi connectivity index (χ3v) is 3.75. The van der Waals surface area contributed by atoms with E-state index in [-0.39, 0.29) is 11.8 Å². The molecule has 1 amide bonds. The predicted molar refractivity (Wildman–Crippen MR) is 95.3 cm³/mol. The van der Waals surface area contributed by atoms with Crippen LogP contribution < -0.4 is 10.1 Å². The van der Waals surface area contributed by atoms with E-state index in [9.17, 15) is 9.59 Å². The van der Waals surface area contributed by atoms with E-state index >= 15 is 0 Å². The molecular weight excluding hydrogens is 318 g/mol. The Morgan fingerprint density at radius 3 is 2.40 bits per heavy atom. The molecule has 0 aromatic heterocycles. The van der Waals surface area contributed by atoms with Crippen LogP contribution in [0.4, 0.5) is 0 Å². The van der Waals surface area contributed by atoms with Gasteiger partial charge >= 0.3 is 5.97 Å². The van der Waals surface area contributed by atoms with Crippen LogP contribution >= 0.6 is 0 Å². The van der Waals surface area contributed by atoms with E-state index in [4.69, 9.17) is 9.47 Å². The fraction of sp³-hybridized carbons (Fsp3) is 0.300. The highest BCUT2D eigenvalue weighted by atomic mass is 16.5. The van der Waals surface area contributed by atoms with Crippen molar-refractivity contribution in [1.82, 2.24) is 5.32 Å². The van der Waals surface area contributed by atoms with Crippen molar-refractivity contribution in [1.29, 1.82) is 0 Å². The molecule has 0 aliphatic carbocycles. The standard InChI is InChI=1S/C20H23NO4/c1-14(2)18(20(23)24-3)21-19(22)16-10-7-11-17(12-16)25-13-15-8-5-4-6-9-15/h4-12,14,18H,13H2,1-3H3,(H,21,22). The Bertz CT molecular complexity index is 713. The van der Waals surface area contributed by atoms with Crippen LogP contribution in [0.5, 0.6) is 5.75 Å². The summed E-state index contributed by atoms with van der Waals surface area (Å²) in [5, 5.41) is 2.72. The van der Waals surface area contributed by atoms with Crippen LogP contribution in [0.15, 0.2) is 54.6 Å². The third kappa shape index (κ3) is 5.35. The average Bonchev–Trinajstić information content (AvgIpc) is 2.64. The lowest BCUT2D eigenvalue weighted by Gasteiger charge is -2.20. The molecule has 2 aromatic rings. The lowest BCUT2D eigenvalue weighted by Crippen LogP contribution is -2.45. The van der Waals surface area contributed by atoms with Crippen LogP contribution in [0, 0.1) is 5.92 Å². The smallest absolute Gasteiger partial charge is 0.328 e. The zero-order chi connectivity index (χ0) is 18.2. The van der Waals surface area contributed by atoms with Gasteiger partial charge in [0, 0.05) is 5.56 Å². The first-order chi connectivity index (χ1) is 12.0. The Morgan fingerprint density at radius 2 is 1.76 bits per heavy atom. The first kappa shape index (κ1) is 18.5. The largest absolute Gasteiger partial charge is 0.489 e. The van der Waals surface area contributed by atoms with Crippen molar-refractivity contribution in [2.45, 2.75) is 26.5 Å². The lowest BCUT2D eigenvalue weighted by molar-refractivity contribution is -0.144. The molecular formula is C20H23NO4. The van der Waals surface area contributed by atoms with Crippen molar-refractivity contribution in [3.8, 4) is 5.75 Å². The number of rotatable bonds is 7. The van der Waals surface area contributed by atoms with Gasteiger partial charge in [-0.05, 0) is 29.7 Å². The predicted octanol–water partition coefficient (Wildman–Crippen LogP) is 3.19. The van der Waals surface area contributed by atoms with E-state index in [1.54, 1.807) is 24.3 Å². The third-order valence-electron chi connectivity index (χ3n) is 3.75. The second-order valence-corrected chi connectivity index (χ2v) is 6.02. The van der Waals surface area contributed by atoms with Crippen LogP contribution in [-0.4, -0.2) is 25.0 Å². The first-order valence-corrected chi connectivity index (χ1v) is 8.16. The molecule has 0 aliphatic rings. The maximum absolute atomic E-state index is 12.4. The monoisotopic (exact) mass is 341 g/mol. The van der Waals surface area contributed by atoms with Gasteiger partial charge < -0.3 is 14.8 Å².